The van der Waals surface area contributed by atoms with Crippen LogP contribution in [0.3, 0.4) is 0 Å². The predicted molar refractivity (Wildman–Crippen MR) is 89.5 cm³/mol. The summed E-state index contributed by atoms with van der Waals surface area (Å²) in [7, 11) is 1.31. The molecule has 2 aromatic rings. The fourth-order valence-corrected chi connectivity index (χ4v) is 2.18. The zero-order chi connectivity index (χ0) is 17.5. The molecule has 0 saturated carbocycles. The molecule has 128 valence electrons. The number of hydrogen-bond acceptors (Lipinski definition) is 5. The summed E-state index contributed by atoms with van der Waals surface area (Å²) >= 11 is 0. The van der Waals surface area contributed by atoms with E-state index < -0.39 is 0 Å². The molecule has 0 spiro atoms. The lowest BCUT2D eigenvalue weighted by Gasteiger charge is -2.07. The first-order chi connectivity index (χ1) is 11.5. The van der Waals surface area contributed by atoms with Crippen molar-refractivity contribution in [2.45, 2.75) is 19.4 Å². The fraction of sp³-hybridized carbons (Fsp3) is 0.333. The van der Waals surface area contributed by atoms with E-state index in [2.05, 4.69) is 20.4 Å². The number of nitrogens with one attached hydrogen (secondary N) is 3. The van der Waals surface area contributed by atoms with Crippen LogP contribution in [0.5, 0.6) is 0 Å². The Morgan fingerprint density at radius 2 is 2.17 bits per heavy atom. The molecule has 5 N–H and O–H groups in total. The van der Waals surface area contributed by atoms with Crippen molar-refractivity contribution in [1.82, 2.24) is 14.9 Å². The molecule has 1 aromatic carbocycles. The maximum atomic E-state index is 11.8. The number of carbonyl (C=O) groups is 2. The third-order valence-corrected chi connectivity index (χ3v) is 3.36. The van der Waals surface area contributed by atoms with E-state index in [0.29, 0.717) is 12.2 Å². The number of guanidine groups is 1. The van der Waals surface area contributed by atoms with E-state index in [9.17, 15) is 9.59 Å². The fourth-order valence-electron chi connectivity index (χ4n) is 2.18. The molecule has 9 nitrogen and oxygen atoms in total. The molecule has 1 aromatic heterocycles. The Bertz CT molecular complexity index is 755. The van der Waals surface area contributed by atoms with Gasteiger partial charge in [-0.3, -0.25) is 15.0 Å². The number of esters is 1. The summed E-state index contributed by atoms with van der Waals surface area (Å²) in [5.41, 5.74) is 7.63. The Hall–Kier alpha value is -3.10. The second-order valence-electron chi connectivity index (χ2n) is 5.11. The van der Waals surface area contributed by atoms with Crippen molar-refractivity contribution in [3.8, 4) is 0 Å². The van der Waals surface area contributed by atoms with Crippen LogP contribution in [0.1, 0.15) is 12.8 Å². The number of nitrogens with zero attached hydrogens (tertiary/aromatic N) is 2. The van der Waals surface area contributed by atoms with E-state index in [4.69, 9.17) is 11.1 Å². The van der Waals surface area contributed by atoms with Crippen LogP contribution >= 0.6 is 0 Å². The first kappa shape index (κ1) is 17.3. The van der Waals surface area contributed by atoms with Gasteiger partial charge in [-0.25, -0.2) is 4.98 Å². The summed E-state index contributed by atoms with van der Waals surface area (Å²) in [6, 6.07) is 5.41. The molecule has 0 radical (unpaired) electrons. The number of imidazole rings is 1. The van der Waals surface area contributed by atoms with E-state index in [1.54, 1.807) is 12.4 Å². The molecule has 1 heterocycles. The average molecular weight is 332 g/mol. The SMILES string of the molecule is COC(=O)CCNC(=O)CCn1cnc2ccc(NC(=N)N)cc21. The standard InChI is InChI=1S/C15H20N6O3/c1-24-14(23)4-6-18-13(22)5-7-21-9-19-11-3-2-10(8-12(11)21)20-15(16)17/h2-3,8-9H,4-7H2,1H3,(H,18,22)(H4,16,17,20). The number of aromatic nitrogens is 2. The van der Waals surface area contributed by atoms with E-state index in [0.717, 1.165) is 11.0 Å². The Labute approximate surface area is 138 Å². The van der Waals surface area contributed by atoms with Gasteiger partial charge in [-0.1, -0.05) is 0 Å². The number of hydrogen-bond donors (Lipinski definition) is 4. The number of ether oxygens (including phenoxy) is 1. The van der Waals surface area contributed by atoms with Crippen LogP contribution in [-0.2, 0) is 20.9 Å². The molecule has 0 unspecified atom stereocenters. The summed E-state index contributed by atoms with van der Waals surface area (Å²) in [5.74, 6) is -0.662. The zero-order valence-electron chi connectivity index (χ0n) is 13.3. The molecule has 9 heteroatoms. The highest BCUT2D eigenvalue weighted by Crippen LogP contribution is 2.18. The Kier molecular flexibility index (Phi) is 5.72. The highest BCUT2D eigenvalue weighted by atomic mass is 16.5. The van der Waals surface area contributed by atoms with Crippen LogP contribution in [0.25, 0.3) is 11.0 Å². The molecule has 24 heavy (non-hydrogen) atoms. The lowest BCUT2D eigenvalue weighted by atomic mass is 10.2. The van der Waals surface area contributed by atoms with E-state index in [1.165, 1.54) is 7.11 Å². The number of rotatable bonds is 7. The average Bonchev–Trinajstić information content (AvgIpc) is 2.94. The van der Waals surface area contributed by atoms with E-state index in [1.807, 2.05) is 16.7 Å². The molecule has 1 amide bonds. The van der Waals surface area contributed by atoms with Crippen molar-refractivity contribution in [1.29, 1.82) is 5.41 Å². The van der Waals surface area contributed by atoms with Crippen LogP contribution in [-0.4, -0.2) is 41.0 Å². The summed E-state index contributed by atoms with van der Waals surface area (Å²) in [6.07, 6.45) is 2.07. The van der Waals surface area contributed by atoms with Gasteiger partial charge in [-0.15, -0.1) is 0 Å². The summed E-state index contributed by atoms with van der Waals surface area (Å²) in [4.78, 5) is 27.1. The van der Waals surface area contributed by atoms with E-state index in [-0.39, 0.29) is 37.2 Å². The number of fused-ring (bicyclic) bond motifs is 1. The zero-order valence-corrected chi connectivity index (χ0v) is 13.3. The van der Waals surface area contributed by atoms with Gasteiger partial charge in [0.2, 0.25) is 5.91 Å². The molecule has 0 aliphatic carbocycles. The van der Waals surface area contributed by atoms with Gasteiger partial charge >= 0.3 is 5.97 Å². The number of aryl methyl sites for hydroxylation is 1. The molecule has 0 aliphatic heterocycles. The number of amides is 1. The topological polar surface area (TPSA) is 135 Å². The van der Waals surface area contributed by atoms with Crippen molar-refractivity contribution in [3.63, 3.8) is 0 Å². The van der Waals surface area contributed by atoms with Crippen molar-refractivity contribution < 1.29 is 14.3 Å². The van der Waals surface area contributed by atoms with Gasteiger partial charge < -0.3 is 25.7 Å². The molecular formula is C15H20N6O3. The van der Waals surface area contributed by atoms with Gasteiger partial charge in [-0.05, 0) is 18.2 Å². The number of benzene rings is 1. The second kappa shape index (κ2) is 7.95. The summed E-state index contributed by atoms with van der Waals surface area (Å²) in [6.45, 7) is 0.701. The monoisotopic (exact) mass is 332 g/mol. The number of anilines is 1. The van der Waals surface area contributed by atoms with Crippen LogP contribution in [0.2, 0.25) is 0 Å². The van der Waals surface area contributed by atoms with Crippen molar-refractivity contribution >= 4 is 34.6 Å². The Morgan fingerprint density at radius 1 is 1.38 bits per heavy atom. The van der Waals surface area contributed by atoms with Gasteiger partial charge in [0.15, 0.2) is 5.96 Å². The maximum absolute atomic E-state index is 11.8. The van der Waals surface area contributed by atoms with Crippen LogP contribution in [0.15, 0.2) is 24.5 Å². The number of methoxy groups -OCH3 is 1. The third-order valence-electron chi connectivity index (χ3n) is 3.36. The van der Waals surface area contributed by atoms with Crippen LogP contribution < -0.4 is 16.4 Å². The largest absolute Gasteiger partial charge is 0.469 e. The quantitative estimate of drug-likeness (QED) is 0.329. The maximum Gasteiger partial charge on any atom is 0.307 e. The minimum atomic E-state index is -0.360. The summed E-state index contributed by atoms with van der Waals surface area (Å²) in [5, 5.41) is 12.6. The van der Waals surface area contributed by atoms with Gasteiger partial charge in [0.1, 0.15) is 0 Å². The first-order valence-corrected chi connectivity index (χ1v) is 7.39. The minimum Gasteiger partial charge on any atom is -0.469 e. The lowest BCUT2D eigenvalue weighted by Crippen LogP contribution is -2.27. The molecule has 0 atom stereocenters. The second-order valence-corrected chi connectivity index (χ2v) is 5.11. The summed E-state index contributed by atoms with van der Waals surface area (Å²) < 4.78 is 6.35. The number of nitrogens with two attached hydrogens (primary N) is 1. The molecule has 0 aliphatic rings. The normalized spacial score (nSPS) is 10.4. The Morgan fingerprint density at radius 3 is 2.88 bits per heavy atom. The van der Waals surface area contributed by atoms with Gasteiger partial charge in [0, 0.05) is 25.2 Å². The van der Waals surface area contributed by atoms with Crippen molar-refractivity contribution in [2.75, 3.05) is 19.0 Å². The lowest BCUT2D eigenvalue weighted by molar-refractivity contribution is -0.140. The van der Waals surface area contributed by atoms with Gasteiger partial charge in [0.05, 0.1) is 30.9 Å². The minimum absolute atomic E-state index is 0.148. The molecule has 2 rings (SSSR count). The smallest absolute Gasteiger partial charge is 0.307 e. The highest BCUT2D eigenvalue weighted by molar-refractivity contribution is 5.92. The Balaban J connectivity index is 1.93. The predicted octanol–water partition coefficient (Wildman–Crippen LogP) is 0.411. The molecule has 0 fully saturated rings. The van der Waals surface area contributed by atoms with Crippen LogP contribution in [0.4, 0.5) is 5.69 Å². The highest BCUT2D eigenvalue weighted by Gasteiger charge is 2.08. The number of carbonyl (C=O) groups excluding carboxylic acids is 2. The van der Waals surface area contributed by atoms with Crippen LogP contribution in [0, 0.1) is 5.41 Å². The van der Waals surface area contributed by atoms with E-state index >= 15 is 0 Å². The van der Waals surface area contributed by atoms with Gasteiger partial charge in [0.25, 0.3) is 0 Å². The van der Waals surface area contributed by atoms with Gasteiger partial charge in [-0.2, -0.15) is 0 Å². The van der Waals surface area contributed by atoms with Crippen molar-refractivity contribution in [3.05, 3.63) is 24.5 Å². The molecule has 0 bridgehead atoms. The molecular weight excluding hydrogens is 312 g/mol. The third kappa shape index (κ3) is 4.70. The first-order valence-electron chi connectivity index (χ1n) is 7.39. The van der Waals surface area contributed by atoms with Crippen molar-refractivity contribution in [2.24, 2.45) is 5.73 Å². The molecule has 0 saturated heterocycles.